The normalized spacial score (nSPS) is 13.0. The molecule has 7 rings (SSSR count). The minimum absolute atomic E-state index is 1.40. The van der Waals surface area contributed by atoms with Crippen molar-refractivity contribution in [3.63, 3.8) is 0 Å². The molecule has 0 atom stereocenters. The summed E-state index contributed by atoms with van der Waals surface area (Å²) in [6.07, 6.45) is 0. The third kappa shape index (κ3) is 1.08. The molecule has 0 saturated carbocycles. The summed E-state index contributed by atoms with van der Waals surface area (Å²) in [5.74, 6) is 0. The van der Waals surface area contributed by atoms with Crippen molar-refractivity contribution in [1.82, 2.24) is 0 Å². The van der Waals surface area contributed by atoms with E-state index < -0.39 is 0 Å². The van der Waals surface area contributed by atoms with E-state index in [1.165, 1.54) is 64.6 Å². The standard InChI is InChI=1S/C24H12/c1-2-6-14-13(5-1)17-9-21-22(10-18(14)17)24-12-20-16-8-4-3-7-15(16)19(20)11-23(21)24/h1-12H. The van der Waals surface area contributed by atoms with Crippen molar-refractivity contribution >= 4 is 64.6 Å². The lowest BCUT2D eigenvalue weighted by atomic mass is 9.83. The smallest absolute Gasteiger partial charge is 0.00921 e. The van der Waals surface area contributed by atoms with Gasteiger partial charge in [-0.15, -0.1) is 0 Å². The monoisotopic (exact) mass is 300 g/mol. The molecule has 0 unspecified atom stereocenters. The summed E-state index contributed by atoms with van der Waals surface area (Å²) in [4.78, 5) is 0. The summed E-state index contributed by atoms with van der Waals surface area (Å²) in [6, 6.07) is 27.0. The number of hydrogen-bond donors (Lipinski definition) is 0. The summed E-state index contributed by atoms with van der Waals surface area (Å²) in [5, 5.41) is 17.0. The van der Waals surface area contributed by atoms with Crippen molar-refractivity contribution in [1.29, 1.82) is 0 Å². The van der Waals surface area contributed by atoms with Gasteiger partial charge >= 0.3 is 0 Å². The summed E-state index contributed by atoms with van der Waals surface area (Å²) in [7, 11) is 0. The Kier molecular flexibility index (Phi) is 1.67. The van der Waals surface area contributed by atoms with Crippen molar-refractivity contribution in [3.8, 4) is 0 Å². The highest BCUT2D eigenvalue weighted by Gasteiger charge is 2.18. The number of benzene rings is 4. The Balaban J connectivity index is 1.65. The van der Waals surface area contributed by atoms with E-state index in [2.05, 4.69) is 72.8 Å². The van der Waals surface area contributed by atoms with Crippen LogP contribution in [0.5, 0.6) is 0 Å². The Bertz CT molecular complexity index is 1280. The fourth-order valence-electron chi connectivity index (χ4n) is 4.70. The van der Waals surface area contributed by atoms with E-state index in [1.807, 2.05) is 0 Å². The molecule has 7 aromatic carbocycles. The van der Waals surface area contributed by atoms with Crippen LogP contribution in [0.3, 0.4) is 0 Å². The third-order valence-electron chi connectivity index (χ3n) is 5.91. The number of hydrogen-bond acceptors (Lipinski definition) is 0. The topological polar surface area (TPSA) is 0 Å². The molecular weight excluding hydrogens is 288 g/mol. The quantitative estimate of drug-likeness (QED) is 0.285. The van der Waals surface area contributed by atoms with Crippen molar-refractivity contribution < 1.29 is 0 Å². The summed E-state index contributed by atoms with van der Waals surface area (Å²) >= 11 is 0. The van der Waals surface area contributed by atoms with Crippen LogP contribution in [-0.4, -0.2) is 0 Å². The molecule has 0 aliphatic carbocycles. The van der Waals surface area contributed by atoms with Gasteiger partial charge in [0.1, 0.15) is 0 Å². The van der Waals surface area contributed by atoms with Crippen LogP contribution in [-0.2, 0) is 0 Å². The highest BCUT2D eigenvalue weighted by molar-refractivity contribution is 6.38. The first-order valence-corrected chi connectivity index (χ1v) is 8.46. The molecule has 108 valence electrons. The Morgan fingerprint density at radius 3 is 0.708 bits per heavy atom. The molecule has 0 nitrogen and oxygen atoms in total. The van der Waals surface area contributed by atoms with Crippen LogP contribution in [0.2, 0.25) is 0 Å². The number of rotatable bonds is 0. The molecule has 0 heterocycles. The second-order valence-electron chi connectivity index (χ2n) is 6.98. The van der Waals surface area contributed by atoms with E-state index in [0.717, 1.165) is 0 Å². The molecule has 0 aromatic heterocycles. The van der Waals surface area contributed by atoms with Crippen LogP contribution in [0.25, 0.3) is 64.6 Å². The molecule has 0 saturated heterocycles. The summed E-state index contributed by atoms with van der Waals surface area (Å²) in [6.45, 7) is 0. The minimum Gasteiger partial charge on any atom is -0.0616 e. The first-order chi connectivity index (χ1) is 11.9. The summed E-state index contributed by atoms with van der Waals surface area (Å²) in [5.41, 5.74) is 0. The van der Waals surface area contributed by atoms with E-state index in [9.17, 15) is 0 Å². The zero-order valence-electron chi connectivity index (χ0n) is 12.9. The highest BCUT2D eigenvalue weighted by atomic mass is 14.2. The van der Waals surface area contributed by atoms with E-state index in [1.54, 1.807) is 0 Å². The average Bonchev–Trinajstić information content (AvgIpc) is 2.61. The molecule has 7 aromatic rings. The largest absolute Gasteiger partial charge is 0.0616 e. The molecule has 0 aliphatic rings. The van der Waals surface area contributed by atoms with Gasteiger partial charge in [0, 0.05) is 0 Å². The summed E-state index contributed by atoms with van der Waals surface area (Å²) < 4.78 is 0. The maximum atomic E-state index is 2.40. The fraction of sp³-hybridized carbons (Fsp3) is 0. The van der Waals surface area contributed by atoms with Gasteiger partial charge < -0.3 is 0 Å². The van der Waals surface area contributed by atoms with Gasteiger partial charge in [0.2, 0.25) is 0 Å². The maximum absolute atomic E-state index is 2.40. The molecule has 0 heteroatoms. The van der Waals surface area contributed by atoms with Crippen molar-refractivity contribution in [2.45, 2.75) is 0 Å². The van der Waals surface area contributed by atoms with Gasteiger partial charge in [-0.1, -0.05) is 48.5 Å². The zero-order chi connectivity index (χ0) is 15.4. The van der Waals surface area contributed by atoms with Crippen molar-refractivity contribution in [2.24, 2.45) is 0 Å². The maximum Gasteiger partial charge on any atom is -0.00921 e. The van der Waals surface area contributed by atoms with Gasteiger partial charge in [0.05, 0.1) is 0 Å². The van der Waals surface area contributed by atoms with Gasteiger partial charge in [-0.05, 0) is 88.9 Å². The molecule has 0 radical (unpaired) electrons. The predicted molar refractivity (Wildman–Crippen MR) is 105 cm³/mol. The van der Waals surface area contributed by atoms with Gasteiger partial charge in [-0.3, -0.25) is 0 Å². The lowest BCUT2D eigenvalue weighted by Crippen LogP contribution is -1.92. The van der Waals surface area contributed by atoms with E-state index in [0.29, 0.717) is 0 Å². The Morgan fingerprint density at radius 2 is 0.458 bits per heavy atom. The molecular formula is C24H12. The minimum atomic E-state index is 1.40. The second-order valence-corrected chi connectivity index (χ2v) is 6.98. The van der Waals surface area contributed by atoms with Crippen LogP contribution >= 0.6 is 0 Å². The van der Waals surface area contributed by atoms with E-state index in [4.69, 9.17) is 0 Å². The van der Waals surface area contributed by atoms with E-state index >= 15 is 0 Å². The van der Waals surface area contributed by atoms with Crippen LogP contribution < -0.4 is 0 Å². The first-order valence-electron chi connectivity index (χ1n) is 8.46. The molecule has 0 spiro atoms. The lowest BCUT2D eigenvalue weighted by Gasteiger charge is -2.20. The predicted octanol–water partition coefficient (Wildman–Crippen LogP) is 6.92. The Labute approximate surface area is 137 Å². The van der Waals surface area contributed by atoms with Gasteiger partial charge in [0.15, 0.2) is 0 Å². The zero-order valence-corrected chi connectivity index (χ0v) is 12.9. The van der Waals surface area contributed by atoms with Crippen molar-refractivity contribution in [2.75, 3.05) is 0 Å². The Hall–Kier alpha value is -3.12. The van der Waals surface area contributed by atoms with Gasteiger partial charge in [-0.25, -0.2) is 0 Å². The lowest BCUT2D eigenvalue weighted by molar-refractivity contribution is 1.80. The van der Waals surface area contributed by atoms with Crippen molar-refractivity contribution in [3.05, 3.63) is 72.8 Å². The Morgan fingerprint density at radius 1 is 0.250 bits per heavy atom. The molecule has 0 aliphatic heterocycles. The molecule has 24 heavy (non-hydrogen) atoms. The van der Waals surface area contributed by atoms with Crippen LogP contribution in [0, 0.1) is 0 Å². The number of fused-ring (bicyclic) bond motifs is 12. The van der Waals surface area contributed by atoms with Gasteiger partial charge in [0.25, 0.3) is 0 Å². The average molecular weight is 300 g/mol. The molecule has 0 fully saturated rings. The molecule has 0 N–H and O–H groups in total. The highest BCUT2D eigenvalue weighted by Crippen LogP contribution is 2.47. The molecule has 0 bridgehead atoms. The third-order valence-corrected chi connectivity index (χ3v) is 5.91. The SMILES string of the molecule is c1ccc2c(c1)c1cc3c(cc21)c1cc2c4ccccc4c2cc31. The van der Waals surface area contributed by atoms with Crippen LogP contribution in [0.4, 0.5) is 0 Å². The van der Waals surface area contributed by atoms with Crippen LogP contribution in [0.15, 0.2) is 72.8 Å². The van der Waals surface area contributed by atoms with E-state index in [-0.39, 0.29) is 0 Å². The van der Waals surface area contributed by atoms with Crippen LogP contribution in [0.1, 0.15) is 0 Å². The second kappa shape index (κ2) is 3.52. The first kappa shape index (κ1) is 11.4. The molecule has 0 amide bonds. The van der Waals surface area contributed by atoms with Gasteiger partial charge in [-0.2, -0.15) is 0 Å². The fourth-order valence-corrected chi connectivity index (χ4v) is 4.70.